The quantitative estimate of drug-likeness (QED) is 0.518. The molecule has 0 aromatic heterocycles. The Kier molecular flexibility index (Phi) is 4.10. The van der Waals surface area contributed by atoms with Gasteiger partial charge in [0.1, 0.15) is 0 Å². The SMILES string of the molecule is CC(C)(N)C1CCN(C(I)c2ccccc2)C1. The van der Waals surface area contributed by atoms with Gasteiger partial charge in [-0.1, -0.05) is 52.9 Å². The lowest BCUT2D eigenvalue weighted by molar-refractivity contribution is 0.278. The fraction of sp³-hybridized carbons (Fsp3) is 0.571. The minimum atomic E-state index is -0.0538. The Morgan fingerprint density at radius 1 is 1.35 bits per heavy atom. The number of likely N-dealkylation sites (tertiary alicyclic amines) is 1. The van der Waals surface area contributed by atoms with Crippen LogP contribution in [0.4, 0.5) is 0 Å². The second-order valence-electron chi connectivity index (χ2n) is 5.55. The molecule has 3 heteroatoms. The summed E-state index contributed by atoms with van der Waals surface area (Å²) in [7, 11) is 0. The molecule has 0 spiro atoms. The van der Waals surface area contributed by atoms with Crippen molar-refractivity contribution in [2.24, 2.45) is 11.7 Å². The average Bonchev–Trinajstić information content (AvgIpc) is 2.78. The van der Waals surface area contributed by atoms with Crippen LogP contribution in [0.2, 0.25) is 0 Å². The highest BCUT2D eigenvalue weighted by Gasteiger charge is 2.34. The van der Waals surface area contributed by atoms with Crippen LogP contribution < -0.4 is 5.73 Å². The number of benzene rings is 1. The van der Waals surface area contributed by atoms with Crippen molar-refractivity contribution in [2.45, 2.75) is 29.9 Å². The fourth-order valence-corrected chi connectivity index (χ4v) is 3.34. The van der Waals surface area contributed by atoms with Crippen LogP contribution in [-0.2, 0) is 0 Å². The molecule has 1 aromatic carbocycles. The fourth-order valence-electron chi connectivity index (χ4n) is 2.42. The second kappa shape index (κ2) is 5.24. The van der Waals surface area contributed by atoms with E-state index in [1.807, 2.05) is 0 Å². The van der Waals surface area contributed by atoms with Crippen LogP contribution in [0.5, 0.6) is 0 Å². The minimum absolute atomic E-state index is 0.0538. The van der Waals surface area contributed by atoms with Crippen LogP contribution >= 0.6 is 22.6 Å². The molecular formula is C14H21IN2. The van der Waals surface area contributed by atoms with Crippen LogP contribution in [0.1, 0.15) is 29.9 Å². The number of nitrogens with zero attached hydrogens (tertiary/aromatic N) is 1. The Morgan fingerprint density at radius 3 is 2.53 bits per heavy atom. The number of hydrogen-bond acceptors (Lipinski definition) is 2. The van der Waals surface area contributed by atoms with E-state index in [9.17, 15) is 0 Å². The first-order valence-electron chi connectivity index (χ1n) is 6.20. The minimum Gasteiger partial charge on any atom is -0.325 e. The van der Waals surface area contributed by atoms with E-state index in [1.54, 1.807) is 0 Å². The van der Waals surface area contributed by atoms with Crippen molar-refractivity contribution in [3.63, 3.8) is 0 Å². The lowest BCUT2D eigenvalue weighted by Gasteiger charge is -2.28. The summed E-state index contributed by atoms with van der Waals surface area (Å²) >= 11 is 2.53. The zero-order valence-corrected chi connectivity index (χ0v) is 12.7. The van der Waals surface area contributed by atoms with Gasteiger partial charge in [0.25, 0.3) is 0 Å². The second-order valence-corrected chi connectivity index (χ2v) is 6.73. The van der Waals surface area contributed by atoms with E-state index >= 15 is 0 Å². The third-order valence-electron chi connectivity index (χ3n) is 3.67. The summed E-state index contributed by atoms with van der Waals surface area (Å²) in [5, 5.41) is 0. The van der Waals surface area contributed by atoms with E-state index in [4.69, 9.17) is 5.73 Å². The van der Waals surface area contributed by atoms with Crippen LogP contribution in [0.25, 0.3) is 0 Å². The molecule has 1 heterocycles. The zero-order chi connectivity index (χ0) is 12.5. The smallest absolute Gasteiger partial charge is 0.0874 e. The lowest BCUT2D eigenvalue weighted by atomic mass is 9.88. The Labute approximate surface area is 118 Å². The maximum Gasteiger partial charge on any atom is 0.0874 e. The van der Waals surface area contributed by atoms with E-state index in [2.05, 4.69) is 71.7 Å². The normalized spacial score (nSPS) is 23.9. The molecule has 0 amide bonds. The Bertz CT molecular complexity index is 358. The van der Waals surface area contributed by atoms with Crippen LogP contribution in [0, 0.1) is 5.92 Å². The molecule has 2 nitrogen and oxygen atoms in total. The van der Waals surface area contributed by atoms with Gasteiger partial charge in [-0.05, 0) is 38.3 Å². The number of alkyl halides is 1. The van der Waals surface area contributed by atoms with Crippen molar-refractivity contribution < 1.29 is 0 Å². The molecule has 17 heavy (non-hydrogen) atoms. The molecule has 1 saturated heterocycles. The van der Waals surface area contributed by atoms with Gasteiger partial charge in [-0.25, -0.2) is 0 Å². The van der Waals surface area contributed by atoms with Crippen molar-refractivity contribution >= 4 is 22.6 Å². The van der Waals surface area contributed by atoms with Crippen LogP contribution in [0.3, 0.4) is 0 Å². The Hall–Kier alpha value is -0.130. The van der Waals surface area contributed by atoms with Gasteiger partial charge >= 0.3 is 0 Å². The summed E-state index contributed by atoms with van der Waals surface area (Å²) in [6, 6.07) is 10.7. The third-order valence-corrected chi connectivity index (χ3v) is 5.17. The molecule has 1 aliphatic rings. The van der Waals surface area contributed by atoms with Gasteiger partial charge in [0.05, 0.1) is 4.05 Å². The number of rotatable bonds is 3. The zero-order valence-electron chi connectivity index (χ0n) is 10.6. The van der Waals surface area contributed by atoms with Gasteiger partial charge in [0, 0.05) is 12.1 Å². The highest BCUT2D eigenvalue weighted by Crippen LogP contribution is 2.35. The molecule has 2 unspecified atom stereocenters. The highest BCUT2D eigenvalue weighted by atomic mass is 127. The van der Waals surface area contributed by atoms with Gasteiger partial charge in [-0.15, -0.1) is 0 Å². The lowest BCUT2D eigenvalue weighted by Crippen LogP contribution is -2.42. The first kappa shape index (κ1) is 13.3. The maximum atomic E-state index is 6.21. The van der Waals surface area contributed by atoms with Crippen molar-refractivity contribution in [3.05, 3.63) is 35.9 Å². The molecule has 0 bridgehead atoms. The summed E-state index contributed by atoms with van der Waals surface area (Å²) in [6.45, 7) is 6.57. The Balaban J connectivity index is 2.02. The number of nitrogens with two attached hydrogens (primary N) is 1. The average molecular weight is 344 g/mol. The van der Waals surface area contributed by atoms with Crippen molar-refractivity contribution in [1.82, 2.24) is 4.90 Å². The Morgan fingerprint density at radius 2 is 2.00 bits per heavy atom. The monoisotopic (exact) mass is 344 g/mol. The van der Waals surface area contributed by atoms with Gasteiger partial charge < -0.3 is 5.73 Å². The van der Waals surface area contributed by atoms with E-state index in [0.717, 1.165) is 13.1 Å². The van der Waals surface area contributed by atoms with Crippen LogP contribution in [0.15, 0.2) is 30.3 Å². The standard InChI is InChI=1S/C14H21IN2/c1-14(2,16)12-8-9-17(10-12)13(15)11-6-4-3-5-7-11/h3-7,12-13H,8-10,16H2,1-2H3. The molecule has 0 saturated carbocycles. The molecule has 0 aliphatic carbocycles. The summed E-state index contributed by atoms with van der Waals surface area (Å²) in [5.74, 6) is 0.614. The van der Waals surface area contributed by atoms with Crippen LogP contribution in [-0.4, -0.2) is 23.5 Å². The van der Waals surface area contributed by atoms with Gasteiger partial charge in [-0.2, -0.15) is 0 Å². The van der Waals surface area contributed by atoms with E-state index in [1.165, 1.54) is 12.0 Å². The molecule has 1 fully saturated rings. The van der Waals surface area contributed by atoms with Gasteiger partial charge in [0.15, 0.2) is 0 Å². The molecule has 1 aromatic rings. The first-order chi connectivity index (χ1) is 7.98. The van der Waals surface area contributed by atoms with Crippen molar-refractivity contribution in [3.8, 4) is 0 Å². The molecule has 1 aliphatic heterocycles. The third kappa shape index (κ3) is 3.20. The molecule has 94 valence electrons. The van der Waals surface area contributed by atoms with Gasteiger partial charge in [0.2, 0.25) is 0 Å². The largest absolute Gasteiger partial charge is 0.325 e. The maximum absolute atomic E-state index is 6.21. The highest BCUT2D eigenvalue weighted by molar-refractivity contribution is 14.1. The molecule has 0 radical (unpaired) electrons. The summed E-state index contributed by atoms with van der Waals surface area (Å²) in [4.78, 5) is 2.54. The number of halogens is 1. The van der Waals surface area contributed by atoms with E-state index in [-0.39, 0.29) is 5.54 Å². The summed E-state index contributed by atoms with van der Waals surface area (Å²) in [5.41, 5.74) is 7.55. The van der Waals surface area contributed by atoms with Crippen molar-refractivity contribution in [2.75, 3.05) is 13.1 Å². The predicted octanol–water partition coefficient (Wildman–Crippen LogP) is 3.18. The summed E-state index contributed by atoms with van der Waals surface area (Å²) in [6.07, 6.45) is 1.22. The summed E-state index contributed by atoms with van der Waals surface area (Å²) < 4.78 is 0.473. The molecule has 2 atom stereocenters. The van der Waals surface area contributed by atoms with Crippen molar-refractivity contribution in [1.29, 1.82) is 0 Å². The first-order valence-corrected chi connectivity index (χ1v) is 7.45. The van der Waals surface area contributed by atoms with E-state index in [0.29, 0.717) is 9.97 Å². The van der Waals surface area contributed by atoms with Gasteiger partial charge in [-0.3, -0.25) is 4.90 Å². The predicted molar refractivity (Wildman–Crippen MR) is 81.1 cm³/mol. The molecular weight excluding hydrogens is 323 g/mol. The topological polar surface area (TPSA) is 29.3 Å². The molecule has 2 N–H and O–H groups in total. The molecule has 2 rings (SSSR count). The number of hydrogen-bond donors (Lipinski definition) is 1. The van der Waals surface area contributed by atoms with E-state index < -0.39 is 0 Å².